The molecule has 2 heterocycles. The highest BCUT2D eigenvalue weighted by atomic mass is 35.5. The molecule has 0 saturated carbocycles. The Kier molecular flexibility index (Phi) is 6.96. The summed E-state index contributed by atoms with van der Waals surface area (Å²) in [4.78, 5) is 6.61. The molecule has 1 saturated heterocycles. The van der Waals surface area contributed by atoms with Crippen LogP contribution in [0.15, 0.2) is 40.1 Å². The molecular formula is C19H27ClN4O2S2. The lowest BCUT2D eigenvalue weighted by atomic mass is 9.90. The summed E-state index contributed by atoms with van der Waals surface area (Å²) >= 11 is 7.61. The summed E-state index contributed by atoms with van der Waals surface area (Å²) in [5.74, 6) is 0.571. The van der Waals surface area contributed by atoms with Crippen molar-refractivity contribution in [3.63, 3.8) is 0 Å². The van der Waals surface area contributed by atoms with Crippen LogP contribution in [0.2, 0.25) is 0 Å². The lowest BCUT2D eigenvalue weighted by Gasteiger charge is -2.42. The number of piperidine rings is 1. The first kappa shape index (κ1) is 21.5. The Morgan fingerprint density at radius 2 is 2.07 bits per heavy atom. The van der Waals surface area contributed by atoms with Gasteiger partial charge in [-0.1, -0.05) is 44.0 Å². The topological polar surface area (TPSA) is 75.2 Å². The van der Waals surface area contributed by atoms with E-state index >= 15 is 0 Å². The van der Waals surface area contributed by atoms with Crippen LogP contribution in [-0.4, -0.2) is 41.3 Å². The van der Waals surface area contributed by atoms with Gasteiger partial charge in [0.1, 0.15) is 6.33 Å². The van der Waals surface area contributed by atoms with Crippen LogP contribution in [0.4, 0.5) is 5.13 Å². The van der Waals surface area contributed by atoms with Gasteiger partial charge >= 0.3 is 0 Å². The number of allylic oxidation sites excluding steroid dienone is 3. The minimum Gasteiger partial charge on any atom is -0.293 e. The van der Waals surface area contributed by atoms with Crippen molar-refractivity contribution < 1.29 is 8.42 Å². The van der Waals surface area contributed by atoms with Crippen LogP contribution in [0.5, 0.6) is 0 Å². The number of nitrogens with one attached hydrogen (secondary N) is 1. The Hall–Kier alpha value is -1.22. The smallest absolute Gasteiger partial charge is 0.263 e. The highest BCUT2D eigenvalue weighted by molar-refractivity contribution is 7.96. The number of sulfonamides is 1. The van der Waals surface area contributed by atoms with Crippen molar-refractivity contribution in [2.45, 2.75) is 58.5 Å². The van der Waals surface area contributed by atoms with E-state index in [9.17, 15) is 8.42 Å². The zero-order valence-corrected chi connectivity index (χ0v) is 18.8. The number of rotatable bonds is 6. The second-order valence-corrected chi connectivity index (χ2v) is 10.5. The SMILES string of the molecule is CC(C)[C@H]1CCCCN1[C@@H](C)C1=C(Cl)CC=C(S(=O)(=O)Nc2ncns2)C=C1. The molecule has 2 atom stereocenters. The fraction of sp³-hybridized carbons (Fsp3) is 0.579. The Labute approximate surface area is 176 Å². The highest BCUT2D eigenvalue weighted by Gasteiger charge is 2.31. The van der Waals surface area contributed by atoms with Gasteiger partial charge in [0, 0.05) is 35.1 Å². The third-order valence-corrected chi connectivity index (χ3v) is 7.89. The van der Waals surface area contributed by atoms with Crippen LogP contribution >= 0.6 is 23.1 Å². The average molecular weight is 443 g/mol. The number of hydrogen-bond donors (Lipinski definition) is 1. The van der Waals surface area contributed by atoms with Crippen LogP contribution in [0, 0.1) is 5.92 Å². The van der Waals surface area contributed by atoms with Gasteiger partial charge in [-0.25, -0.2) is 13.4 Å². The maximum absolute atomic E-state index is 12.7. The standard InChI is InChI=1S/C19H27ClN4O2S2/c1-13(2)18-6-4-5-11-24(18)14(3)16-9-7-15(8-10-17(16)20)28(25,26)23-19-21-12-22-27-19/h7-9,12-14,18H,4-6,10-11H2,1-3H3,(H,21,22,23)/t14-,18+/m0/s1. The van der Waals surface area contributed by atoms with Crippen molar-refractivity contribution >= 4 is 38.3 Å². The fourth-order valence-electron chi connectivity index (χ4n) is 3.95. The maximum Gasteiger partial charge on any atom is 0.263 e. The second kappa shape index (κ2) is 9.07. The Morgan fingerprint density at radius 3 is 2.75 bits per heavy atom. The van der Waals surface area contributed by atoms with Gasteiger partial charge in [0.25, 0.3) is 10.0 Å². The zero-order valence-electron chi connectivity index (χ0n) is 16.4. The summed E-state index contributed by atoms with van der Waals surface area (Å²) in [6, 6.07) is 0.663. The lowest BCUT2D eigenvalue weighted by molar-refractivity contribution is 0.0883. The van der Waals surface area contributed by atoms with E-state index < -0.39 is 10.0 Å². The molecule has 0 amide bonds. The van der Waals surface area contributed by atoms with E-state index in [1.165, 1.54) is 25.6 Å². The molecule has 9 heteroatoms. The van der Waals surface area contributed by atoms with Crippen molar-refractivity contribution in [1.82, 2.24) is 14.3 Å². The lowest BCUT2D eigenvalue weighted by Crippen LogP contribution is -2.48. The molecule has 154 valence electrons. The molecule has 1 aliphatic carbocycles. The van der Waals surface area contributed by atoms with Gasteiger partial charge < -0.3 is 0 Å². The average Bonchev–Trinajstić information content (AvgIpc) is 3.07. The second-order valence-electron chi connectivity index (χ2n) is 7.58. The van der Waals surface area contributed by atoms with Gasteiger partial charge in [-0.3, -0.25) is 9.62 Å². The molecule has 1 N–H and O–H groups in total. The van der Waals surface area contributed by atoms with E-state index in [-0.39, 0.29) is 16.1 Å². The van der Waals surface area contributed by atoms with E-state index in [0.717, 1.165) is 23.7 Å². The van der Waals surface area contributed by atoms with Crippen LogP contribution in [0.3, 0.4) is 0 Å². The number of anilines is 1. The minimum atomic E-state index is -3.72. The number of aromatic nitrogens is 2. The van der Waals surface area contributed by atoms with Crippen molar-refractivity contribution in [3.8, 4) is 0 Å². The predicted molar refractivity (Wildman–Crippen MR) is 116 cm³/mol. The summed E-state index contributed by atoms with van der Waals surface area (Å²) in [6.07, 6.45) is 10.5. The zero-order chi connectivity index (χ0) is 20.3. The molecule has 1 fully saturated rings. The Balaban J connectivity index is 1.80. The predicted octanol–water partition coefficient (Wildman–Crippen LogP) is 4.52. The van der Waals surface area contributed by atoms with Gasteiger partial charge in [-0.15, -0.1) is 0 Å². The number of likely N-dealkylation sites (tertiary alicyclic amines) is 1. The number of hydrogen-bond acceptors (Lipinski definition) is 6. The molecule has 0 bridgehead atoms. The largest absolute Gasteiger partial charge is 0.293 e. The minimum absolute atomic E-state index is 0.142. The molecule has 2 aliphatic rings. The van der Waals surface area contributed by atoms with Gasteiger partial charge in [-0.05, 0) is 43.9 Å². The normalized spacial score (nSPS) is 22.9. The Bertz CT molecular complexity index is 876. The molecule has 3 rings (SSSR count). The molecule has 1 aromatic heterocycles. The Morgan fingerprint density at radius 1 is 1.29 bits per heavy atom. The van der Waals surface area contributed by atoms with Crippen LogP contribution in [-0.2, 0) is 10.0 Å². The van der Waals surface area contributed by atoms with Gasteiger partial charge in [0.2, 0.25) is 5.13 Å². The summed E-state index contributed by atoms with van der Waals surface area (Å²) < 4.78 is 31.6. The molecule has 0 radical (unpaired) electrons. The van der Waals surface area contributed by atoms with E-state index in [1.807, 2.05) is 6.08 Å². The fourth-order valence-corrected chi connectivity index (χ4v) is 5.97. The van der Waals surface area contributed by atoms with Gasteiger partial charge in [-0.2, -0.15) is 4.37 Å². The summed E-state index contributed by atoms with van der Waals surface area (Å²) in [7, 11) is -3.72. The van der Waals surface area contributed by atoms with Crippen LogP contribution < -0.4 is 4.72 Å². The van der Waals surface area contributed by atoms with E-state index in [1.54, 1.807) is 12.2 Å². The molecule has 0 aromatic carbocycles. The quantitative estimate of drug-likeness (QED) is 0.701. The van der Waals surface area contributed by atoms with Crippen molar-refractivity contribution in [2.24, 2.45) is 5.92 Å². The van der Waals surface area contributed by atoms with E-state index in [0.29, 0.717) is 23.4 Å². The van der Waals surface area contributed by atoms with Crippen molar-refractivity contribution in [3.05, 3.63) is 40.1 Å². The molecule has 28 heavy (non-hydrogen) atoms. The molecule has 1 aliphatic heterocycles. The monoisotopic (exact) mass is 442 g/mol. The molecule has 0 unspecified atom stereocenters. The van der Waals surface area contributed by atoms with Crippen molar-refractivity contribution in [1.29, 1.82) is 0 Å². The highest BCUT2D eigenvalue weighted by Crippen LogP contribution is 2.32. The number of halogens is 1. The third-order valence-electron chi connectivity index (χ3n) is 5.43. The summed E-state index contributed by atoms with van der Waals surface area (Å²) in [5, 5.41) is 0.942. The maximum atomic E-state index is 12.7. The van der Waals surface area contributed by atoms with E-state index in [2.05, 4.69) is 39.8 Å². The first-order chi connectivity index (χ1) is 13.3. The molecule has 0 spiro atoms. The molecule has 6 nitrogen and oxygen atoms in total. The van der Waals surface area contributed by atoms with Gasteiger partial charge in [0.15, 0.2) is 0 Å². The van der Waals surface area contributed by atoms with E-state index in [4.69, 9.17) is 11.6 Å². The van der Waals surface area contributed by atoms with Crippen molar-refractivity contribution in [2.75, 3.05) is 11.3 Å². The van der Waals surface area contributed by atoms with Crippen LogP contribution in [0.1, 0.15) is 46.5 Å². The molecular weight excluding hydrogens is 416 g/mol. The first-order valence-corrected chi connectivity index (χ1v) is 12.2. The number of nitrogens with zero attached hydrogens (tertiary/aromatic N) is 3. The first-order valence-electron chi connectivity index (χ1n) is 9.61. The van der Waals surface area contributed by atoms with Crippen LogP contribution in [0.25, 0.3) is 0 Å². The summed E-state index contributed by atoms with van der Waals surface area (Å²) in [5.41, 5.74) is 0.992. The summed E-state index contributed by atoms with van der Waals surface area (Å²) in [6.45, 7) is 7.74. The van der Waals surface area contributed by atoms with Gasteiger partial charge in [0.05, 0.1) is 4.91 Å². The third kappa shape index (κ3) is 4.84. The molecule has 1 aromatic rings.